The van der Waals surface area contributed by atoms with Crippen molar-refractivity contribution in [2.24, 2.45) is 5.41 Å². The standard InChI is InChI=1S/C22H25NO5/c1-5-27-18-12-8-16(9-13-18)20(25)28-14-19(24)15-6-10-17(11-7-15)23-21(26)22(2,3)4/h6-13H,5,14H2,1-4H3,(H,23,26). The Kier molecular flexibility index (Phi) is 6.93. The number of hydrogen-bond acceptors (Lipinski definition) is 5. The number of anilines is 1. The number of esters is 1. The quantitative estimate of drug-likeness (QED) is 0.575. The van der Waals surface area contributed by atoms with E-state index in [4.69, 9.17) is 9.47 Å². The zero-order valence-electron chi connectivity index (χ0n) is 16.6. The summed E-state index contributed by atoms with van der Waals surface area (Å²) in [5, 5.41) is 2.79. The van der Waals surface area contributed by atoms with Crippen LogP contribution >= 0.6 is 0 Å². The van der Waals surface area contributed by atoms with Crippen LogP contribution in [0.15, 0.2) is 48.5 Å². The molecule has 148 valence electrons. The number of carbonyl (C=O) groups is 3. The van der Waals surface area contributed by atoms with Gasteiger partial charge in [0.2, 0.25) is 5.91 Å². The lowest BCUT2D eigenvalue weighted by Gasteiger charge is -2.17. The first-order valence-corrected chi connectivity index (χ1v) is 9.05. The van der Waals surface area contributed by atoms with Crippen molar-refractivity contribution in [1.29, 1.82) is 0 Å². The Bertz CT molecular complexity index is 833. The molecule has 1 N–H and O–H groups in total. The molecule has 0 fully saturated rings. The molecule has 0 atom stereocenters. The van der Waals surface area contributed by atoms with E-state index in [-0.39, 0.29) is 18.3 Å². The number of rotatable bonds is 7. The summed E-state index contributed by atoms with van der Waals surface area (Å²) in [6.45, 7) is 7.51. The predicted molar refractivity (Wildman–Crippen MR) is 107 cm³/mol. The van der Waals surface area contributed by atoms with Crippen LogP contribution in [0.3, 0.4) is 0 Å². The van der Waals surface area contributed by atoms with Crippen molar-refractivity contribution in [3.8, 4) is 5.75 Å². The largest absolute Gasteiger partial charge is 0.494 e. The maximum atomic E-state index is 12.2. The third kappa shape index (κ3) is 5.94. The first-order valence-electron chi connectivity index (χ1n) is 9.05. The molecular formula is C22H25NO5. The minimum absolute atomic E-state index is 0.115. The number of Topliss-reactive ketones (excluding diaryl/α,β-unsaturated/α-hetero) is 1. The monoisotopic (exact) mass is 383 g/mol. The minimum Gasteiger partial charge on any atom is -0.494 e. The molecule has 0 bridgehead atoms. The van der Waals surface area contributed by atoms with Gasteiger partial charge in [0.05, 0.1) is 12.2 Å². The molecule has 0 spiro atoms. The Labute approximate surface area is 164 Å². The number of hydrogen-bond donors (Lipinski definition) is 1. The molecule has 0 saturated carbocycles. The van der Waals surface area contributed by atoms with Gasteiger partial charge in [-0.3, -0.25) is 9.59 Å². The van der Waals surface area contributed by atoms with Crippen LogP contribution in [0, 0.1) is 5.41 Å². The van der Waals surface area contributed by atoms with Crippen molar-refractivity contribution in [3.05, 3.63) is 59.7 Å². The van der Waals surface area contributed by atoms with E-state index in [1.807, 2.05) is 27.7 Å². The van der Waals surface area contributed by atoms with Crippen LogP contribution < -0.4 is 10.1 Å². The summed E-state index contributed by atoms with van der Waals surface area (Å²) in [5.74, 6) is -0.358. The molecule has 28 heavy (non-hydrogen) atoms. The van der Waals surface area contributed by atoms with E-state index in [9.17, 15) is 14.4 Å². The van der Waals surface area contributed by atoms with Gasteiger partial charge in [-0.2, -0.15) is 0 Å². The predicted octanol–water partition coefficient (Wildman–Crippen LogP) is 4.11. The molecule has 0 aliphatic heterocycles. The van der Waals surface area contributed by atoms with Crippen LogP contribution in [0.25, 0.3) is 0 Å². The van der Waals surface area contributed by atoms with Crippen molar-refractivity contribution in [1.82, 2.24) is 0 Å². The number of amides is 1. The number of benzene rings is 2. The molecule has 0 aliphatic carbocycles. The number of ketones is 1. The first-order chi connectivity index (χ1) is 13.2. The second kappa shape index (κ2) is 9.17. The van der Waals surface area contributed by atoms with Gasteiger partial charge in [-0.25, -0.2) is 4.79 Å². The highest BCUT2D eigenvalue weighted by Crippen LogP contribution is 2.18. The van der Waals surface area contributed by atoms with Crippen LogP contribution in [0.4, 0.5) is 5.69 Å². The topological polar surface area (TPSA) is 81.7 Å². The fourth-order valence-electron chi connectivity index (χ4n) is 2.21. The average Bonchev–Trinajstić information content (AvgIpc) is 2.66. The van der Waals surface area contributed by atoms with Crippen molar-refractivity contribution in [2.45, 2.75) is 27.7 Å². The number of nitrogens with one attached hydrogen (secondary N) is 1. The Morgan fingerprint density at radius 3 is 2.00 bits per heavy atom. The Morgan fingerprint density at radius 1 is 0.893 bits per heavy atom. The third-order valence-electron chi connectivity index (χ3n) is 3.88. The van der Waals surface area contributed by atoms with Crippen LogP contribution in [0.5, 0.6) is 5.75 Å². The number of carbonyl (C=O) groups excluding carboxylic acids is 3. The SMILES string of the molecule is CCOc1ccc(C(=O)OCC(=O)c2ccc(NC(=O)C(C)(C)C)cc2)cc1. The van der Waals surface area contributed by atoms with E-state index in [0.29, 0.717) is 29.2 Å². The highest BCUT2D eigenvalue weighted by atomic mass is 16.5. The fraction of sp³-hybridized carbons (Fsp3) is 0.318. The summed E-state index contributed by atoms with van der Waals surface area (Å²) in [5.41, 5.74) is 0.830. The normalized spacial score (nSPS) is 10.9. The molecular weight excluding hydrogens is 358 g/mol. The van der Waals surface area contributed by atoms with Crippen molar-refractivity contribution in [3.63, 3.8) is 0 Å². The van der Waals surface area contributed by atoms with Crippen LogP contribution in [0.2, 0.25) is 0 Å². The Hall–Kier alpha value is -3.15. The molecule has 0 saturated heterocycles. The Balaban J connectivity index is 1.90. The van der Waals surface area contributed by atoms with Gasteiger partial charge in [0, 0.05) is 16.7 Å². The van der Waals surface area contributed by atoms with E-state index in [1.165, 1.54) is 0 Å². The highest BCUT2D eigenvalue weighted by molar-refractivity contribution is 6.00. The maximum absolute atomic E-state index is 12.2. The van der Waals surface area contributed by atoms with Gasteiger partial charge in [0.1, 0.15) is 5.75 Å². The van der Waals surface area contributed by atoms with Crippen LogP contribution in [0.1, 0.15) is 48.4 Å². The van der Waals surface area contributed by atoms with Gasteiger partial charge in [-0.05, 0) is 55.5 Å². The maximum Gasteiger partial charge on any atom is 0.338 e. The van der Waals surface area contributed by atoms with E-state index in [2.05, 4.69) is 5.32 Å². The van der Waals surface area contributed by atoms with Gasteiger partial charge < -0.3 is 14.8 Å². The van der Waals surface area contributed by atoms with Crippen LogP contribution in [-0.4, -0.2) is 30.9 Å². The summed E-state index contributed by atoms with van der Waals surface area (Å²) >= 11 is 0. The molecule has 0 radical (unpaired) electrons. The minimum atomic E-state index is -0.578. The zero-order valence-corrected chi connectivity index (χ0v) is 16.6. The van der Waals surface area contributed by atoms with Gasteiger partial charge in [0.25, 0.3) is 0 Å². The summed E-state index contributed by atoms with van der Waals surface area (Å²) in [4.78, 5) is 36.3. The third-order valence-corrected chi connectivity index (χ3v) is 3.88. The molecule has 2 aromatic rings. The second-order valence-electron chi connectivity index (χ2n) is 7.24. The summed E-state index contributed by atoms with van der Waals surface area (Å²) in [6.07, 6.45) is 0. The summed E-state index contributed by atoms with van der Waals surface area (Å²) in [6, 6.07) is 13.0. The molecule has 0 heterocycles. The van der Waals surface area contributed by atoms with E-state index < -0.39 is 11.4 Å². The fourth-order valence-corrected chi connectivity index (χ4v) is 2.21. The molecule has 0 unspecified atom stereocenters. The average molecular weight is 383 g/mol. The highest BCUT2D eigenvalue weighted by Gasteiger charge is 2.21. The zero-order chi connectivity index (χ0) is 20.7. The van der Waals surface area contributed by atoms with Crippen molar-refractivity contribution < 1.29 is 23.9 Å². The first kappa shape index (κ1) is 21.2. The molecule has 0 aromatic heterocycles. The van der Waals surface area contributed by atoms with Crippen molar-refractivity contribution in [2.75, 3.05) is 18.5 Å². The summed E-state index contributed by atoms with van der Waals surface area (Å²) in [7, 11) is 0. The van der Waals surface area contributed by atoms with Crippen LogP contribution in [-0.2, 0) is 9.53 Å². The smallest absolute Gasteiger partial charge is 0.338 e. The van der Waals surface area contributed by atoms with E-state index >= 15 is 0 Å². The lowest BCUT2D eigenvalue weighted by Crippen LogP contribution is -2.27. The van der Waals surface area contributed by atoms with E-state index in [0.717, 1.165) is 0 Å². The van der Waals surface area contributed by atoms with Gasteiger partial charge >= 0.3 is 5.97 Å². The molecule has 0 aliphatic rings. The van der Waals surface area contributed by atoms with Gasteiger partial charge in [-0.15, -0.1) is 0 Å². The van der Waals surface area contributed by atoms with Gasteiger partial charge in [-0.1, -0.05) is 20.8 Å². The molecule has 6 heteroatoms. The second-order valence-corrected chi connectivity index (χ2v) is 7.24. The van der Waals surface area contributed by atoms with E-state index in [1.54, 1.807) is 48.5 Å². The number of ether oxygens (including phenoxy) is 2. The molecule has 2 aromatic carbocycles. The molecule has 6 nitrogen and oxygen atoms in total. The molecule has 2 rings (SSSR count). The Morgan fingerprint density at radius 2 is 1.46 bits per heavy atom. The lowest BCUT2D eigenvalue weighted by molar-refractivity contribution is -0.123. The van der Waals surface area contributed by atoms with Gasteiger partial charge in [0.15, 0.2) is 12.4 Å². The van der Waals surface area contributed by atoms with Crippen molar-refractivity contribution >= 4 is 23.3 Å². The molecule has 1 amide bonds. The lowest BCUT2D eigenvalue weighted by atomic mass is 9.95. The summed E-state index contributed by atoms with van der Waals surface area (Å²) < 4.78 is 10.4.